The van der Waals surface area contributed by atoms with E-state index < -0.39 is 0 Å². The molecule has 100 valence electrons. The fraction of sp³-hybridized carbons (Fsp3) is 0.600. The van der Waals surface area contributed by atoms with Crippen molar-refractivity contribution in [3.63, 3.8) is 0 Å². The Hall–Kier alpha value is -0.0500. The molecule has 1 fully saturated rings. The summed E-state index contributed by atoms with van der Waals surface area (Å²) in [6.07, 6.45) is 5.69. The van der Waals surface area contributed by atoms with E-state index in [9.17, 15) is 5.11 Å². The minimum absolute atomic E-state index is 0.383. The van der Waals surface area contributed by atoms with Crippen molar-refractivity contribution >= 4 is 27.5 Å². The number of rotatable bonds is 3. The lowest BCUT2D eigenvalue weighted by atomic mass is 9.73. The topological polar surface area (TPSA) is 20.2 Å². The fourth-order valence-corrected chi connectivity index (χ4v) is 4.04. The van der Waals surface area contributed by atoms with Gasteiger partial charge in [-0.1, -0.05) is 60.1 Å². The van der Waals surface area contributed by atoms with E-state index in [1.807, 2.05) is 18.2 Å². The lowest BCUT2D eigenvalue weighted by molar-refractivity contribution is 0.0451. The minimum Gasteiger partial charge on any atom is -0.388 e. The first kappa shape index (κ1) is 14.4. The molecule has 18 heavy (non-hydrogen) atoms. The average Bonchev–Trinajstić information content (AvgIpc) is 2.36. The van der Waals surface area contributed by atoms with Gasteiger partial charge >= 0.3 is 0 Å². The molecule has 1 aromatic carbocycles. The van der Waals surface area contributed by atoms with E-state index in [2.05, 4.69) is 22.9 Å². The molecule has 1 saturated carbocycles. The molecule has 2 rings (SSSR count). The van der Waals surface area contributed by atoms with Crippen molar-refractivity contribution in [1.29, 1.82) is 0 Å². The van der Waals surface area contributed by atoms with Crippen molar-refractivity contribution < 1.29 is 5.11 Å². The van der Waals surface area contributed by atoms with Gasteiger partial charge in [0.05, 0.1) is 6.10 Å². The molecular weight excluding hydrogens is 312 g/mol. The maximum absolute atomic E-state index is 10.6. The second-order valence-electron chi connectivity index (χ2n) is 5.26. The van der Waals surface area contributed by atoms with Crippen LogP contribution in [0.2, 0.25) is 5.02 Å². The number of aliphatic hydroxyl groups excluding tert-OH is 1. The van der Waals surface area contributed by atoms with Crippen molar-refractivity contribution in [1.82, 2.24) is 0 Å². The molecule has 0 bridgehead atoms. The zero-order valence-electron chi connectivity index (χ0n) is 10.7. The Balaban J connectivity index is 2.20. The van der Waals surface area contributed by atoms with Crippen LogP contribution in [0.1, 0.15) is 50.7 Å². The van der Waals surface area contributed by atoms with E-state index in [1.165, 1.54) is 19.3 Å². The van der Waals surface area contributed by atoms with Gasteiger partial charge in [-0.2, -0.15) is 0 Å². The van der Waals surface area contributed by atoms with E-state index in [4.69, 9.17) is 11.6 Å². The third kappa shape index (κ3) is 3.28. The molecule has 1 aliphatic rings. The van der Waals surface area contributed by atoms with Gasteiger partial charge < -0.3 is 5.11 Å². The van der Waals surface area contributed by atoms with Crippen LogP contribution in [0.3, 0.4) is 0 Å². The molecule has 1 N–H and O–H groups in total. The number of halogens is 2. The van der Waals surface area contributed by atoms with Crippen LogP contribution < -0.4 is 0 Å². The fourth-order valence-electron chi connectivity index (χ4n) is 3.15. The van der Waals surface area contributed by atoms with Crippen molar-refractivity contribution in [3.05, 3.63) is 33.3 Å². The SMILES string of the molecule is CCC1CCCCC1C(O)c1cc(Cl)cc(Br)c1. The predicted molar refractivity (Wildman–Crippen MR) is 79.9 cm³/mol. The Morgan fingerprint density at radius 3 is 2.72 bits per heavy atom. The lowest BCUT2D eigenvalue weighted by Gasteiger charge is -2.34. The third-order valence-corrected chi connectivity index (χ3v) is 4.80. The molecular formula is C15H20BrClO. The first-order chi connectivity index (χ1) is 8.61. The zero-order valence-corrected chi connectivity index (χ0v) is 13.0. The van der Waals surface area contributed by atoms with Gasteiger partial charge in [-0.3, -0.25) is 0 Å². The molecule has 1 aliphatic carbocycles. The highest BCUT2D eigenvalue weighted by Gasteiger charge is 2.30. The van der Waals surface area contributed by atoms with E-state index in [1.54, 1.807) is 0 Å². The molecule has 0 heterocycles. The van der Waals surface area contributed by atoms with Gasteiger partial charge in [-0.05, 0) is 42.0 Å². The van der Waals surface area contributed by atoms with Gasteiger partial charge in [-0.15, -0.1) is 0 Å². The van der Waals surface area contributed by atoms with Gasteiger partial charge in [-0.25, -0.2) is 0 Å². The summed E-state index contributed by atoms with van der Waals surface area (Å²) < 4.78 is 0.938. The molecule has 0 amide bonds. The Morgan fingerprint density at radius 1 is 1.33 bits per heavy atom. The number of hydrogen-bond acceptors (Lipinski definition) is 1. The molecule has 0 aromatic heterocycles. The maximum atomic E-state index is 10.6. The monoisotopic (exact) mass is 330 g/mol. The predicted octanol–water partition coefficient (Wildman–Crippen LogP) is 5.35. The normalized spacial score (nSPS) is 26.0. The second kappa shape index (κ2) is 6.40. The van der Waals surface area contributed by atoms with Crippen molar-refractivity contribution in [2.24, 2.45) is 11.8 Å². The largest absolute Gasteiger partial charge is 0.388 e. The summed E-state index contributed by atoms with van der Waals surface area (Å²) >= 11 is 9.50. The van der Waals surface area contributed by atoms with Crippen molar-refractivity contribution in [3.8, 4) is 0 Å². The van der Waals surface area contributed by atoms with E-state index in [0.717, 1.165) is 22.9 Å². The Kier molecular flexibility index (Phi) is 5.11. The highest BCUT2D eigenvalue weighted by atomic mass is 79.9. The summed E-state index contributed by atoms with van der Waals surface area (Å²) in [4.78, 5) is 0. The van der Waals surface area contributed by atoms with Crippen LogP contribution in [0.15, 0.2) is 22.7 Å². The summed E-state index contributed by atoms with van der Waals surface area (Å²) in [5.41, 5.74) is 0.944. The Morgan fingerprint density at radius 2 is 2.06 bits per heavy atom. The molecule has 1 nitrogen and oxygen atoms in total. The smallest absolute Gasteiger partial charge is 0.0821 e. The Labute approximate surface area is 123 Å². The number of benzene rings is 1. The minimum atomic E-state index is -0.384. The van der Waals surface area contributed by atoms with Crippen LogP contribution in [0.5, 0.6) is 0 Å². The van der Waals surface area contributed by atoms with Crippen LogP contribution in [-0.2, 0) is 0 Å². The molecule has 0 aliphatic heterocycles. The molecule has 3 unspecified atom stereocenters. The van der Waals surface area contributed by atoms with Gasteiger partial charge in [0.15, 0.2) is 0 Å². The van der Waals surface area contributed by atoms with Gasteiger partial charge in [0.25, 0.3) is 0 Å². The lowest BCUT2D eigenvalue weighted by Crippen LogP contribution is -2.25. The van der Waals surface area contributed by atoms with E-state index >= 15 is 0 Å². The number of aliphatic hydroxyl groups is 1. The molecule has 3 heteroatoms. The maximum Gasteiger partial charge on any atom is 0.0821 e. The molecule has 1 aromatic rings. The van der Waals surface area contributed by atoms with Gasteiger partial charge in [0.1, 0.15) is 0 Å². The highest BCUT2D eigenvalue weighted by Crippen LogP contribution is 2.41. The molecule has 0 spiro atoms. The summed E-state index contributed by atoms with van der Waals surface area (Å²) in [6.45, 7) is 2.23. The van der Waals surface area contributed by atoms with E-state index in [-0.39, 0.29) is 6.10 Å². The summed E-state index contributed by atoms with van der Waals surface area (Å²) in [5, 5.41) is 11.3. The van der Waals surface area contributed by atoms with Crippen molar-refractivity contribution in [2.75, 3.05) is 0 Å². The average molecular weight is 332 g/mol. The van der Waals surface area contributed by atoms with Crippen molar-refractivity contribution in [2.45, 2.75) is 45.1 Å². The van der Waals surface area contributed by atoms with Crippen LogP contribution in [0.4, 0.5) is 0 Å². The van der Waals surface area contributed by atoms with Gasteiger partial charge in [0, 0.05) is 9.50 Å². The first-order valence-electron chi connectivity index (χ1n) is 6.76. The first-order valence-corrected chi connectivity index (χ1v) is 7.93. The van der Waals surface area contributed by atoms with Crippen LogP contribution >= 0.6 is 27.5 Å². The summed E-state index contributed by atoms with van der Waals surface area (Å²) in [7, 11) is 0. The summed E-state index contributed by atoms with van der Waals surface area (Å²) in [5.74, 6) is 1.03. The van der Waals surface area contributed by atoms with Crippen LogP contribution in [-0.4, -0.2) is 5.11 Å². The molecule has 3 atom stereocenters. The van der Waals surface area contributed by atoms with Crippen LogP contribution in [0.25, 0.3) is 0 Å². The summed E-state index contributed by atoms with van der Waals surface area (Å²) in [6, 6.07) is 5.73. The van der Waals surface area contributed by atoms with Gasteiger partial charge in [0.2, 0.25) is 0 Å². The van der Waals surface area contributed by atoms with Crippen LogP contribution in [0, 0.1) is 11.8 Å². The molecule has 0 radical (unpaired) electrons. The third-order valence-electron chi connectivity index (χ3n) is 4.12. The highest BCUT2D eigenvalue weighted by molar-refractivity contribution is 9.10. The quantitative estimate of drug-likeness (QED) is 0.791. The molecule has 0 saturated heterocycles. The number of hydrogen-bond donors (Lipinski definition) is 1. The second-order valence-corrected chi connectivity index (χ2v) is 6.62. The zero-order chi connectivity index (χ0) is 13.1. The standard InChI is InChI=1S/C15H20BrClO/c1-2-10-5-3-4-6-14(10)15(18)11-7-12(16)9-13(17)8-11/h7-10,14-15,18H,2-6H2,1H3. The van der Waals surface area contributed by atoms with E-state index in [0.29, 0.717) is 16.9 Å². The Bertz CT molecular complexity index is 387.